The molecule has 1 N–H and O–H groups in total. The van der Waals surface area contributed by atoms with Crippen LogP contribution >= 0.6 is 0 Å². The Hall–Kier alpha value is -0.713. The van der Waals surface area contributed by atoms with Crippen LogP contribution in [-0.4, -0.2) is 25.0 Å². The first-order chi connectivity index (χ1) is 8.74. The zero-order valence-corrected chi connectivity index (χ0v) is 13.8. The van der Waals surface area contributed by atoms with Crippen molar-refractivity contribution in [3.8, 4) is 0 Å². The van der Waals surface area contributed by atoms with Gasteiger partial charge >= 0.3 is 0 Å². The number of aliphatic hydroxyl groups excluding tert-OH is 1. The van der Waals surface area contributed by atoms with Gasteiger partial charge in [0.2, 0.25) is 0 Å². The van der Waals surface area contributed by atoms with Crippen molar-refractivity contribution in [2.45, 2.75) is 57.8 Å². The molecule has 4 heteroatoms. The zero-order chi connectivity index (χ0) is 14.5. The molecular weight excluding hydrogens is 254 g/mol. The molecule has 19 heavy (non-hydrogen) atoms. The predicted octanol–water partition coefficient (Wildman–Crippen LogP) is 3.92. The van der Waals surface area contributed by atoms with E-state index in [0.29, 0.717) is 0 Å². The van der Waals surface area contributed by atoms with Crippen molar-refractivity contribution in [1.29, 1.82) is 0 Å². The molecule has 1 rings (SSSR count). The molecule has 1 heterocycles. The van der Waals surface area contributed by atoms with Gasteiger partial charge in [0, 0.05) is 19.0 Å². The first kappa shape index (κ1) is 16.3. The average molecular weight is 281 g/mol. The van der Waals surface area contributed by atoms with Crippen molar-refractivity contribution in [2.75, 3.05) is 6.61 Å². The smallest absolute Gasteiger partial charge is 0.191 e. The summed E-state index contributed by atoms with van der Waals surface area (Å²) in [4.78, 5) is 3.95. The Bertz CT molecular complexity index is 373. The van der Waals surface area contributed by atoms with Crippen LogP contribution in [0.2, 0.25) is 18.1 Å². The fraction of sp³-hybridized carbons (Fsp3) is 0.667. The minimum Gasteiger partial charge on any atom is -0.417 e. The first-order valence-corrected chi connectivity index (χ1v) is 9.87. The summed E-state index contributed by atoms with van der Waals surface area (Å²) in [6.07, 6.45) is 4.63. The number of pyridine rings is 1. The molecule has 0 aromatic carbocycles. The van der Waals surface area contributed by atoms with Gasteiger partial charge in [-0.25, -0.2) is 0 Å². The zero-order valence-electron chi connectivity index (χ0n) is 12.8. The second-order valence-electron chi connectivity index (χ2n) is 6.55. The second-order valence-corrected chi connectivity index (χ2v) is 11.4. The van der Waals surface area contributed by atoms with Crippen molar-refractivity contribution >= 4 is 8.32 Å². The van der Waals surface area contributed by atoms with Gasteiger partial charge in [0.25, 0.3) is 0 Å². The molecule has 0 saturated heterocycles. The molecule has 1 unspecified atom stereocenters. The third-order valence-electron chi connectivity index (χ3n) is 3.98. The van der Waals surface area contributed by atoms with Gasteiger partial charge in [0.05, 0.1) is 6.10 Å². The van der Waals surface area contributed by atoms with E-state index in [1.54, 1.807) is 12.4 Å². The molecule has 108 valence electrons. The SMILES string of the molecule is CC(C)(C)[Si](C)(C)OCCCC(O)c1ccncc1. The Kier molecular flexibility index (Phi) is 5.71. The minimum atomic E-state index is -1.65. The molecule has 0 saturated carbocycles. The third-order valence-corrected chi connectivity index (χ3v) is 8.52. The number of rotatable bonds is 6. The Labute approximate surface area is 118 Å². The predicted molar refractivity (Wildman–Crippen MR) is 81.6 cm³/mol. The monoisotopic (exact) mass is 281 g/mol. The van der Waals surface area contributed by atoms with Crippen molar-refractivity contribution in [2.24, 2.45) is 0 Å². The number of hydrogen-bond acceptors (Lipinski definition) is 3. The van der Waals surface area contributed by atoms with Gasteiger partial charge in [0.15, 0.2) is 8.32 Å². The van der Waals surface area contributed by atoms with Gasteiger partial charge < -0.3 is 9.53 Å². The van der Waals surface area contributed by atoms with E-state index >= 15 is 0 Å². The van der Waals surface area contributed by atoms with Crippen molar-refractivity contribution in [3.63, 3.8) is 0 Å². The summed E-state index contributed by atoms with van der Waals surface area (Å²) in [5, 5.41) is 10.3. The lowest BCUT2D eigenvalue weighted by atomic mass is 10.1. The van der Waals surface area contributed by atoms with Crippen LogP contribution in [0.4, 0.5) is 0 Å². The van der Waals surface area contributed by atoms with Crippen LogP contribution in [0.3, 0.4) is 0 Å². The van der Waals surface area contributed by atoms with Crippen LogP contribution < -0.4 is 0 Å². The standard InChI is InChI=1S/C15H27NO2Si/c1-15(2,3)19(4,5)18-12-6-7-14(17)13-8-10-16-11-9-13/h8-11,14,17H,6-7,12H2,1-5H3. The van der Waals surface area contributed by atoms with E-state index in [1.807, 2.05) is 12.1 Å². The summed E-state index contributed by atoms with van der Waals surface area (Å²) in [6.45, 7) is 12.0. The third kappa shape index (κ3) is 5.05. The lowest BCUT2D eigenvalue weighted by molar-refractivity contribution is 0.152. The Balaban J connectivity index is 2.32. The van der Waals surface area contributed by atoms with Crippen LogP contribution in [0.1, 0.15) is 45.3 Å². The fourth-order valence-corrected chi connectivity index (χ4v) is 2.66. The summed E-state index contributed by atoms with van der Waals surface area (Å²) in [6, 6.07) is 3.72. The van der Waals surface area contributed by atoms with E-state index in [4.69, 9.17) is 4.43 Å². The number of nitrogens with zero attached hydrogens (tertiary/aromatic N) is 1. The molecule has 0 amide bonds. The molecular formula is C15H27NO2Si. The van der Waals surface area contributed by atoms with Gasteiger partial charge in [0.1, 0.15) is 0 Å². The first-order valence-electron chi connectivity index (χ1n) is 6.96. The van der Waals surface area contributed by atoms with Crippen LogP contribution in [0.5, 0.6) is 0 Å². The summed E-state index contributed by atoms with van der Waals surface area (Å²) < 4.78 is 6.10. The molecule has 1 aromatic rings. The van der Waals surface area contributed by atoms with Gasteiger partial charge in [-0.05, 0) is 48.7 Å². The van der Waals surface area contributed by atoms with E-state index in [1.165, 1.54) is 0 Å². The lowest BCUT2D eigenvalue weighted by Crippen LogP contribution is -2.41. The highest BCUT2D eigenvalue weighted by atomic mass is 28.4. The molecule has 0 spiro atoms. The number of aromatic nitrogens is 1. The van der Waals surface area contributed by atoms with E-state index < -0.39 is 14.4 Å². The summed E-state index contributed by atoms with van der Waals surface area (Å²) >= 11 is 0. The number of aliphatic hydroxyl groups is 1. The Morgan fingerprint density at radius 1 is 1.26 bits per heavy atom. The maximum absolute atomic E-state index is 10.0. The maximum Gasteiger partial charge on any atom is 0.191 e. The summed E-state index contributed by atoms with van der Waals surface area (Å²) in [5.41, 5.74) is 0.933. The maximum atomic E-state index is 10.0. The summed E-state index contributed by atoms with van der Waals surface area (Å²) in [7, 11) is -1.65. The molecule has 3 nitrogen and oxygen atoms in total. The quantitative estimate of drug-likeness (QED) is 0.635. The normalized spacial score (nSPS) is 14.4. The van der Waals surface area contributed by atoms with E-state index in [2.05, 4.69) is 38.8 Å². The van der Waals surface area contributed by atoms with Crippen molar-refractivity contribution in [1.82, 2.24) is 4.98 Å². The minimum absolute atomic E-state index is 0.247. The van der Waals surface area contributed by atoms with Gasteiger partial charge in [-0.2, -0.15) is 0 Å². The fourth-order valence-electron chi connectivity index (χ4n) is 1.57. The molecule has 0 radical (unpaired) electrons. The van der Waals surface area contributed by atoms with E-state index in [-0.39, 0.29) is 5.04 Å². The Morgan fingerprint density at radius 2 is 1.84 bits per heavy atom. The van der Waals surface area contributed by atoms with Gasteiger partial charge in [-0.3, -0.25) is 4.98 Å². The van der Waals surface area contributed by atoms with Crippen LogP contribution in [0.15, 0.2) is 24.5 Å². The van der Waals surface area contributed by atoms with Crippen molar-refractivity contribution < 1.29 is 9.53 Å². The van der Waals surface area contributed by atoms with Gasteiger partial charge in [-0.15, -0.1) is 0 Å². The summed E-state index contributed by atoms with van der Waals surface area (Å²) in [5.74, 6) is 0. The van der Waals surface area contributed by atoms with Crippen LogP contribution in [0, 0.1) is 0 Å². The molecule has 1 atom stereocenters. The molecule has 0 aliphatic carbocycles. The van der Waals surface area contributed by atoms with Crippen LogP contribution in [-0.2, 0) is 4.43 Å². The van der Waals surface area contributed by atoms with Crippen LogP contribution in [0.25, 0.3) is 0 Å². The highest BCUT2D eigenvalue weighted by molar-refractivity contribution is 6.74. The Morgan fingerprint density at radius 3 is 2.37 bits per heavy atom. The van der Waals surface area contributed by atoms with E-state index in [9.17, 15) is 5.11 Å². The molecule has 0 aliphatic rings. The van der Waals surface area contributed by atoms with E-state index in [0.717, 1.165) is 25.0 Å². The average Bonchev–Trinajstić information content (AvgIpc) is 2.34. The topological polar surface area (TPSA) is 42.4 Å². The molecule has 0 fully saturated rings. The second kappa shape index (κ2) is 6.64. The van der Waals surface area contributed by atoms with Crippen molar-refractivity contribution in [3.05, 3.63) is 30.1 Å². The lowest BCUT2D eigenvalue weighted by Gasteiger charge is -2.36. The highest BCUT2D eigenvalue weighted by Gasteiger charge is 2.36. The highest BCUT2D eigenvalue weighted by Crippen LogP contribution is 2.36. The molecule has 1 aromatic heterocycles. The molecule has 0 aliphatic heterocycles. The van der Waals surface area contributed by atoms with Gasteiger partial charge in [-0.1, -0.05) is 20.8 Å². The largest absolute Gasteiger partial charge is 0.417 e. The number of hydrogen-bond donors (Lipinski definition) is 1. The molecule has 0 bridgehead atoms.